The highest BCUT2D eigenvalue weighted by Crippen LogP contribution is 2.14. The smallest absolute Gasteiger partial charge is 0.286 e. The van der Waals surface area contributed by atoms with Crippen molar-refractivity contribution in [2.45, 2.75) is 26.0 Å². The third-order valence-corrected chi connectivity index (χ3v) is 4.61. The Kier molecular flexibility index (Phi) is 7.04. The SMILES string of the molecule is C[C@@H](Cc1ccco1)NC(=O)COCc1nnc(C(=O)Nc2ccc(F)cc2)s1. The molecule has 0 saturated carbocycles. The Morgan fingerprint density at radius 2 is 2.03 bits per heavy atom. The fourth-order valence-electron chi connectivity index (χ4n) is 2.45. The number of rotatable bonds is 9. The van der Waals surface area contributed by atoms with Crippen LogP contribution in [0.1, 0.15) is 27.5 Å². The zero-order valence-corrected chi connectivity index (χ0v) is 16.4. The van der Waals surface area contributed by atoms with Crippen molar-refractivity contribution in [1.29, 1.82) is 0 Å². The van der Waals surface area contributed by atoms with Crippen LogP contribution in [0, 0.1) is 5.82 Å². The number of nitrogens with one attached hydrogen (secondary N) is 2. The average Bonchev–Trinajstić information content (AvgIpc) is 3.35. The van der Waals surface area contributed by atoms with Gasteiger partial charge in [0.15, 0.2) is 0 Å². The summed E-state index contributed by atoms with van der Waals surface area (Å²) in [6.45, 7) is 1.79. The highest BCUT2D eigenvalue weighted by molar-refractivity contribution is 7.13. The number of benzene rings is 1. The fraction of sp³-hybridized carbons (Fsp3) is 0.263. The molecule has 2 amide bonds. The monoisotopic (exact) mass is 418 g/mol. The lowest BCUT2D eigenvalue weighted by Crippen LogP contribution is -2.36. The van der Waals surface area contributed by atoms with Crippen molar-refractivity contribution < 1.29 is 23.1 Å². The summed E-state index contributed by atoms with van der Waals surface area (Å²) >= 11 is 1.05. The van der Waals surface area contributed by atoms with Crippen LogP contribution in [-0.4, -0.2) is 34.7 Å². The second-order valence-corrected chi connectivity index (χ2v) is 7.27. The van der Waals surface area contributed by atoms with Crippen molar-refractivity contribution in [2.24, 2.45) is 0 Å². The average molecular weight is 418 g/mol. The molecule has 0 radical (unpaired) electrons. The van der Waals surface area contributed by atoms with Gasteiger partial charge in [-0.2, -0.15) is 0 Å². The Hall–Kier alpha value is -3.11. The van der Waals surface area contributed by atoms with Crippen molar-refractivity contribution in [3.8, 4) is 0 Å². The lowest BCUT2D eigenvalue weighted by Gasteiger charge is -2.12. The Labute approximate surface area is 170 Å². The highest BCUT2D eigenvalue weighted by Gasteiger charge is 2.14. The zero-order chi connectivity index (χ0) is 20.6. The van der Waals surface area contributed by atoms with Crippen molar-refractivity contribution in [3.05, 3.63) is 64.3 Å². The molecule has 2 heterocycles. The summed E-state index contributed by atoms with van der Waals surface area (Å²) < 4.78 is 23.5. The van der Waals surface area contributed by atoms with Gasteiger partial charge < -0.3 is 19.8 Å². The number of furan rings is 1. The molecular formula is C19H19FN4O4S. The maximum atomic E-state index is 12.9. The predicted octanol–water partition coefficient (Wildman–Crippen LogP) is 2.79. The second kappa shape index (κ2) is 9.89. The van der Waals surface area contributed by atoms with E-state index in [2.05, 4.69) is 20.8 Å². The predicted molar refractivity (Wildman–Crippen MR) is 104 cm³/mol. The van der Waals surface area contributed by atoms with Crippen LogP contribution in [0.2, 0.25) is 0 Å². The molecule has 0 fully saturated rings. The molecule has 8 nitrogen and oxygen atoms in total. The lowest BCUT2D eigenvalue weighted by molar-refractivity contribution is -0.126. The largest absolute Gasteiger partial charge is 0.469 e. The molecule has 0 unspecified atom stereocenters. The van der Waals surface area contributed by atoms with Crippen LogP contribution in [0.15, 0.2) is 47.1 Å². The zero-order valence-electron chi connectivity index (χ0n) is 15.6. The van der Waals surface area contributed by atoms with E-state index >= 15 is 0 Å². The number of ether oxygens (including phenoxy) is 1. The van der Waals surface area contributed by atoms with Crippen molar-refractivity contribution in [1.82, 2.24) is 15.5 Å². The minimum absolute atomic E-state index is 0.0570. The molecule has 0 spiro atoms. The maximum Gasteiger partial charge on any atom is 0.286 e. The van der Waals surface area contributed by atoms with Gasteiger partial charge in [0.05, 0.1) is 6.26 Å². The summed E-state index contributed by atoms with van der Waals surface area (Å²) in [7, 11) is 0. The third-order valence-electron chi connectivity index (χ3n) is 3.72. The number of aromatic nitrogens is 2. The van der Waals surface area contributed by atoms with Gasteiger partial charge in [-0.15, -0.1) is 10.2 Å². The fourth-order valence-corrected chi connectivity index (χ4v) is 3.12. The highest BCUT2D eigenvalue weighted by atomic mass is 32.1. The Morgan fingerprint density at radius 1 is 1.24 bits per heavy atom. The summed E-state index contributed by atoms with van der Waals surface area (Å²) in [4.78, 5) is 24.1. The molecule has 152 valence electrons. The molecule has 3 aromatic rings. The first-order chi connectivity index (χ1) is 14.0. The Morgan fingerprint density at radius 3 is 2.76 bits per heavy atom. The number of carbonyl (C=O) groups excluding carboxylic acids is 2. The molecule has 2 N–H and O–H groups in total. The van der Waals surface area contributed by atoms with E-state index in [9.17, 15) is 14.0 Å². The van der Waals surface area contributed by atoms with Crippen LogP contribution in [0.3, 0.4) is 0 Å². The van der Waals surface area contributed by atoms with Crippen LogP contribution < -0.4 is 10.6 Å². The second-order valence-electron chi connectivity index (χ2n) is 6.21. The standard InChI is InChI=1S/C19H19FN4O4S/c1-12(9-15-3-2-8-28-15)21-16(25)10-27-11-17-23-24-19(29-17)18(26)22-14-6-4-13(20)5-7-14/h2-8,12H,9-11H2,1H3,(H,21,25)(H,22,26)/t12-/m0/s1. The van der Waals surface area contributed by atoms with Gasteiger partial charge in [0.2, 0.25) is 10.9 Å². The molecule has 2 aromatic heterocycles. The Bertz CT molecular complexity index is 944. The summed E-state index contributed by atoms with van der Waals surface area (Å²) in [6.07, 6.45) is 2.17. The van der Waals surface area contributed by atoms with Gasteiger partial charge in [-0.1, -0.05) is 11.3 Å². The molecule has 0 bridgehead atoms. The van der Waals surface area contributed by atoms with E-state index in [4.69, 9.17) is 9.15 Å². The summed E-state index contributed by atoms with van der Waals surface area (Å²) in [5, 5.41) is 13.7. The number of amides is 2. The van der Waals surface area contributed by atoms with Crippen molar-refractivity contribution in [2.75, 3.05) is 11.9 Å². The summed E-state index contributed by atoms with van der Waals surface area (Å²) in [6, 6.07) is 8.93. The van der Waals surface area contributed by atoms with Crippen LogP contribution >= 0.6 is 11.3 Å². The van der Waals surface area contributed by atoms with Gasteiger partial charge in [-0.05, 0) is 43.3 Å². The third kappa shape index (κ3) is 6.47. The van der Waals surface area contributed by atoms with Gasteiger partial charge in [0, 0.05) is 18.2 Å². The van der Waals surface area contributed by atoms with E-state index < -0.39 is 11.7 Å². The number of anilines is 1. The van der Waals surface area contributed by atoms with Crippen LogP contribution in [0.25, 0.3) is 0 Å². The van der Waals surface area contributed by atoms with E-state index in [1.807, 2.05) is 13.0 Å². The molecule has 0 saturated heterocycles. The first-order valence-electron chi connectivity index (χ1n) is 8.78. The maximum absolute atomic E-state index is 12.9. The van der Waals surface area contributed by atoms with Gasteiger partial charge in [0.25, 0.3) is 5.91 Å². The van der Waals surface area contributed by atoms with Crippen LogP contribution in [0.5, 0.6) is 0 Å². The minimum atomic E-state index is -0.454. The van der Waals surface area contributed by atoms with Crippen molar-refractivity contribution in [3.63, 3.8) is 0 Å². The molecule has 0 aliphatic carbocycles. The van der Waals surface area contributed by atoms with Gasteiger partial charge in [0.1, 0.15) is 29.8 Å². The number of hydrogen-bond donors (Lipinski definition) is 2. The van der Waals surface area contributed by atoms with E-state index in [0.717, 1.165) is 17.1 Å². The summed E-state index contributed by atoms with van der Waals surface area (Å²) in [5.41, 5.74) is 0.449. The minimum Gasteiger partial charge on any atom is -0.469 e. The normalized spacial score (nSPS) is 11.8. The van der Waals surface area contributed by atoms with E-state index in [1.165, 1.54) is 24.3 Å². The molecule has 3 rings (SSSR count). The van der Waals surface area contributed by atoms with Gasteiger partial charge in [-0.3, -0.25) is 9.59 Å². The number of nitrogens with zero attached hydrogens (tertiary/aromatic N) is 2. The van der Waals surface area contributed by atoms with Gasteiger partial charge in [-0.25, -0.2) is 4.39 Å². The molecule has 29 heavy (non-hydrogen) atoms. The first-order valence-corrected chi connectivity index (χ1v) is 9.60. The van der Waals surface area contributed by atoms with Crippen molar-refractivity contribution >= 4 is 28.8 Å². The summed E-state index contributed by atoms with van der Waals surface area (Å²) in [5.74, 6) is -0.315. The number of hydrogen-bond acceptors (Lipinski definition) is 7. The van der Waals surface area contributed by atoms with E-state index in [1.54, 1.807) is 12.3 Å². The van der Waals surface area contributed by atoms with Gasteiger partial charge >= 0.3 is 0 Å². The molecule has 0 aliphatic heterocycles. The molecule has 10 heteroatoms. The van der Waals surface area contributed by atoms with Crippen LogP contribution in [0.4, 0.5) is 10.1 Å². The molecule has 1 aromatic carbocycles. The molecule has 1 atom stereocenters. The Balaban J connectivity index is 1.40. The number of carbonyl (C=O) groups is 2. The quantitative estimate of drug-likeness (QED) is 0.553. The molecule has 0 aliphatic rings. The van der Waals surface area contributed by atoms with E-state index in [0.29, 0.717) is 17.1 Å². The lowest BCUT2D eigenvalue weighted by atomic mass is 10.2. The topological polar surface area (TPSA) is 106 Å². The first kappa shape index (κ1) is 20.6. The van der Waals surface area contributed by atoms with E-state index in [-0.39, 0.29) is 30.2 Å². The molecular weight excluding hydrogens is 399 g/mol. The number of halogens is 1. The van der Waals surface area contributed by atoms with Crippen LogP contribution in [-0.2, 0) is 22.6 Å².